The van der Waals surface area contributed by atoms with Crippen LogP contribution in [-0.2, 0) is 0 Å². The predicted molar refractivity (Wildman–Crippen MR) is 34.7 cm³/mol. The van der Waals surface area contributed by atoms with E-state index < -0.39 is 9.68 Å². The zero-order chi connectivity index (χ0) is 5.70. The van der Waals surface area contributed by atoms with Gasteiger partial charge in [0.2, 0.25) is 0 Å². The van der Waals surface area contributed by atoms with Crippen LogP contribution in [-0.4, -0.2) is 24.6 Å². The van der Waals surface area contributed by atoms with Crippen molar-refractivity contribution in [3.05, 3.63) is 17.5 Å². The molecule has 7 heavy (non-hydrogen) atoms. The molecule has 0 atom stereocenters. The van der Waals surface area contributed by atoms with E-state index >= 15 is 0 Å². The van der Waals surface area contributed by atoms with Gasteiger partial charge in [-0.15, -0.1) is 11.4 Å². The van der Waals surface area contributed by atoms with Crippen molar-refractivity contribution in [2.24, 2.45) is 4.78 Å². The number of hydrogen-bond acceptors (Lipinski definition) is 2. The first-order valence-electron chi connectivity index (χ1n) is 1.96. The first-order chi connectivity index (χ1) is 3.27. The van der Waals surface area contributed by atoms with Crippen LogP contribution in [0, 0.1) is 5.21 Å². The number of hydrogen-bond donors (Lipinski definition) is 0. The molecule has 0 aromatic rings. The van der Waals surface area contributed by atoms with Crippen LogP contribution >= 0.6 is 0 Å². The van der Waals surface area contributed by atoms with Crippen LogP contribution in [0.3, 0.4) is 0 Å². The molecule has 0 aliphatic rings. The lowest BCUT2D eigenvalue weighted by molar-refractivity contribution is -0.362. The van der Waals surface area contributed by atoms with Gasteiger partial charge in [-0.2, -0.15) is 4.53 Å². The molecule has 0 rings (SSSR count). The van der Waals surface area contributed by atoms with Crippen LogP contribution in [0.2, 0.25) is 0 Å². The molecule has 0 N–H and O–H groups in total. The third-order valence-electron chi connectivity index (χ3n) is 0.410. The topological polar surface area (TPSA) is 38.4 Å². The van der Waals surface area contributed by atoms with Gasteiger partial charge in [0.25, 0.3) is 9.68 Å². The molecule has 0 heterocycles. The lowest BCUT2D eigenvalue weighted by atomic mass is 11.3. The van der Waals surface area contributed by atoms with Crippen LogP contribution in [0.25, 0.3) is 0 Å². The summed E-state index contributed by atoms with van der Waals surface area (Å²) in [5.41, 5.74) is 1.72. The highest BCUT2D eigenvalue weighted by Gasteiger charge is 1.74. The van der Waals surface area contributed by atoms with E-state index in [0.29, 0.717) is 14.9 Å². The van der Waals surface area contributed by atoms with Gasteiger partial charge in [0.05, 0.1) is 0 Å². The minimum atomic E-state index is -0.589. The zero-order valence-corrected chi connectivity index (χ0v) is 7.71. The van der Waals surface area contributed by atoms with E-state index in [1.165, 1.54) is 0 Å². The molecule has 0 saturated carbocycles. The molecule has 0 aromatic heterocycles. The third kappa shape index (κ3) is 5.57. The molecule has 0 unspecified atom stereocenters. The van der Waals surface area contributed by atoms with Crippen molar-refractivity contribution in [1.29, 1.82) is 0 Å². The summed E-state index contributed by atoms with van der Waals surface area (Å²) in [4.78, 5) is 0. The zero-order valence-electron chi connectivity index (χ0n) is 4.29. The molecule has 0 aliphatic heterocycles. The summed E-state index contributed by atoms with van der Waals surface area (Å²) in [7, 11) is -0.107. The number of rotatable bonds is 2. The van der Waals surface area contributed by atoms with Gasteiger partial charge < -0.3 is 5.21 Å². The molecule has 0 radical (unpaired) electrons. The summed E-state index contributed by atoms with van der Waals surface area (Å²) in [6.07, 6.45) is 0. The highest BCUT2D eigenvalue weighted by Crippen LogP contribution is 1.64. The summed E-state index contributed by atoms with van der Waals surface area (Å²) in [5, 5.41) is 10.0. The summed E-state index contributed by atoms with van der Waals surface area (Å²) in [5.74, 6) is 0. The molecule has 0 spiro atoms. The minimum Gasteiger partial charge on any atom is -0.622 e. The Labute approximate surface area is 47.7 Å². The van der Waals surface area contributed by atoms with Crippen LogP contribution in [0.5, 0.6) is 0 Å². The summed E-state index contributed by atoms with van der Waals surface area (Å²) < 4.78 is 4.32. The van der Waals surface area contributed by atoms with Gasteiger partial charge in [0.1, 0.15) is 0 Å². The smallest absolute Gasteiger partial charge is 0.352 e. The fraction of sp³-hybridized carbons (Fsp3) is 0. The lowest BCUT2D eigenvalue weighted by Crippen LogP contribution is -1.93. The van der Waals surface area contributed by atoms with Gasteiger partial charge in [-0.25, -0.2) is 0 Å². The van der Waals surface area contributed by atoms with Crippen molar-refractivity contribution in [1.82, 2.24) is 0 Å². The fourth-order valence-corrected chi connectivity index (χ4v) is 1.01. The quantitative estimate of drug-likeness (QED) is 0.255. The van der Waals surface area contributed by atoms with Crippen molar-refractivity contribution in [3.63, 3.8) is 0 Å². The highest BCUT2D eigenvalue weighted by atomic mass is 28.2. The molecule has 0 bridgehead atoms. The predicted octanol–water partition coefficient (Wildman–Crippen LogP) is -1.54. The Morgan fingerprint density at radius 2 is 2.57 bits per heavy atom. The van der Waals surface area contributed by atoms with Crippen molar-refractivity contribution in [2.45, 2.75) is 0 Å². The first kappa shape index (κ1) is 6.57. The highest BCUT2D eigenvalue weighted by molar-refractivity contribution is 6.39. The Bertz CT molecular complexity index is 87.7. The van der Waals surface area contributed by atoms with Crippen LogP contribution in [0.15, 0.2) is 17.1 Å². The maximum Gasteiger partial charge on any atom is 0.352 e. The largest absolute Gasteiger partial charge is 0.622 e. The summed E-state index contributed by atoms with van der Waals surface area (Å²) >= 11 is 0. The van der Waals surface area contributed by atoms with Gasteiger partial charge in [0.15, 0.2) is 0 Å². The van der Waals surface area contributed by atoms with Gasteiger partial charge in [-0.05, 0) is 0 Å². The lowest BCUT2D eigenvalue weighted by Gasteiger charge is -1.89. The van der Waals surface area contributed by atoms with Crippen LogP contribution in [0.4, 0.5) is 0 Å². The van der Waals surface area contributed by atoms with Crippen molar-refractivity contribution in [3.8, 4) is 0 Å². The average Bonchev–Trinajstić information content (AvgIpc) is 1.61. The summed E-state index contributed by atoms with van der Waals surface area (Å²) in [6, 6.07) is 0. The molecule has 3 nitrogen and oxygen atoms in total. The monoisotopic (exact) mass is 132 g/mol. The van der Waals surface area contributed by atoms with Crippen molar-refractivity contribution >= 4 is 20.1 Å². The van der Waals surface area contributed by atoms with E-state index in [0.717, 1.165) is 0 Å². The Morgan fingerprint density at radius 3 is 2.71 bits per heavy atom. The van der Waals surface area contributed by atoms with E-state index in [9.17, 15) is 5.21 Å². The first-order valence-corrected chi connectivity index (χ1v) is 4.31. The molecule has 0 amide bonds. The molecule has 0 fully saturated rings. The standard InChI is InChI=1S/C2H8N2OSi2/c1-2-7-3-4(5)6/h2H,1,7H2,6H3. The minimum absolute atomic E-state index is 0.481. The van der Waals surface area contributed by atoms with Crippen molar-refractivity contribution < 1.29 is 4.53 Å². The molecule has 40 valence electrons. The van der Waals surface area contributed by atoms with Gasteiger partial charge >= 0.3 is 10.4 Å². The second kappa shape index (κ2) is 3.75. The second-order valence-electron chi connectivity index (χ2n) is 1.08. The van der Waals surface area contributed by atoms with Gasteiger partial charge in [0, 0.05) is 0 Å². The SMILES string of the molecule is C=C[SiH2]N=[N+]([O-])[SiH3]. The van der Waals surface area contributed by atoms with E-state index in [1.54, 1.807) is 5.70 Å². The normalized spacial score (nSPS) is 13.4. The molecule has 0 saturated heterocycles. The maximum atomic E-state index is 10.0. The van der Waals surface area contributed by atoms with Crippen molar-refractivity contribution in [2.75, 3.05) is 0 Å². The third-order valence-corrected chi connectivity index (χ3v) is 2.08. The van der Waals surface area contributed by atoms with E-state index in [4.69, 9.17) is 0 Å². The van der Waals surface area contributed by atoms with Crippen LogP contribution in [0.1, 0.15) is 0 Å². The molecular formula is C2H8N2OSi2. The Balaban J connectivity index is 3.25. The maximum absolute atomic E-state index is 10.0. The van der Waals surface area contributed by atoms with Crippen LogP contribution < -0.4 is 0 Å². The molecule has 0 aromatic carbocycles. The fourth-order valence-electron chi connectivity index (χ4n) is 0.173. The average molecular weight is 132 g/mol. The molecule has 5 heteroatoms. The second-order valence-corrected chi connectivity index (χ2v) is 3.07. The van der Waals surface area contributed by atoms with E-state index in [-0.39, 0.29) is 0 Å². The Hall–Kier alpha value is -0.426. The van der Waals surface area contributed by atoms with Gasteiger partial charge in [-0.1, -0.05) is 5.70 Å². The van der Waals surface area contributed by atoms with E-state index in [1.807, 2.05) is 0 Å². The van der Waals surface area contributed by atoms with E-state index in [2.05, 4.69) is 11.4 Å². The number of nitrogens with zero attached hydrogens (tertiary/aromatic N) is 2. The Kier molecular flexibility index (Phi) is 3.52. The summed E-state index contributed by atoms with van der Waals surface area (Å²) in [6.45, 7) is 3.45. The van der Waals surface area contributed by atoms with Gasteiger partial charge in [-0.3, -0.25) is 0 Å². The molecule has 0 aliphatic carbocycles. The Morgan fingerprint density at radius 1 is 2.00 bits per heavy atom. The molecular weight excluding hydrogens is 124 g/mol.